The summed E-state index contributed by atoms with van der Waals surface area (Å²) in [6, 6.07) is 15.9. The van der Waals surface area contributed by atoms with Crippen molar-refractivity contribution in [1.29, 1.82) is 0 Å². The lowest BCUT2D eigenvalue weighted by molar-refractivity contribution is 0.0547. The number of benzene rings is 2. The third kappa shape index (κ3) is 9.42. The molecular formula is C32H27BCl2F2IN3O6. The van der Waals surface area contributed by atoms with E-state index in [1.165, 1.54) is 54.6 Å². The van der Waals surface area contributed by atoms with Crippen LogP contribution < -0.4 is 5.59 Å². The Balaban J connectivity index is 0.000000170. The van der Waals surface area contributed by atoms with E-state index in [-0.39, 0.29) is 22.9 Å². The van der Waals surface area contributed by atoms with E-state index < -0.39 is 24.6 Å². The summed E-state index contributed by atoms with van der Waals surface area (Å²) in [6.45, 7) is 5.10. The standard InChI is InChI=1S/C14H9ClFNO.C13H15BFNO4.C5H3ClINO/c15-13-4-3-12(18)14(17-13)10-5-8-1-2-11(16)7-9(8)6-10;1-13(2,3)20-12(17)16-10-5-4-9(15)6-8(10)7-11(16)14(18)19;6-4-2-1-3(9)5(7)8-4/h1-4,6-7,18H,5H2;4-7,18-19H,1-3H3;1-2,9H. The van der Waals surface area contributed by atoms with Crippen LogP contribution in [-0.2, 0) is 11.2 Å². The van der Waals surface area contributed by atoms with Crippen LogP contribution in [0.5, 0.6) is 11.5 Å². The van der Waals surface area contributed by atoms with Gasteiger partial charge >= 0.3 is 13.2 Å². The number of halogens is 5. The van der Waals surface area contributed by atoms with Gasteiger partial charge in [0.05, 0.1) is 11.1 Å². The Morgan fingerprint density at radius 2 is 1.53 bits per heavy atom. The van der Waals surface area contributed by atoms with Gasteiger partial charge in [0.15, 0.2) is 0 Å². The Morgan fingerprint density at radius 1 is 0.915 bits per heavy atom. The summed E-state index contributed by atoms with van der Waals surface area (Å²) in [4.78, 5) is 20.1. The first-order chi connectivity index (χ1) is 22.0. The van der Waals surface area contributed by atoms with Gasteiger partial charge in [0.2, 0.25) is 0 Å². The van der Waals surface area contributed by atoms with Gasteiger partial charge in [-0.2, -0.15) is 0 Å². The number of rotatable bonds is 2. The second-order valence-electron chi connectivity index (χ2n) is 11.1. The highest BCUT2D eigenvalue weighted by atomic mass is 127. The van der Waals surface area contributed by atoms with Gasteiger partial charge in [0.1, 0.15) is 48.4 Å². The minimum absolute atomic E-state index is 0.0696. The topological polar surface area (TPSA) is 138 Å². The van der Waals surface area contributed by atoms with Gasteiger partial charge in [-0.05, 0) is 127 Å². The lowest BCUT2D eigenvalue weighted by Gasteiger charge is -2.20. The molecule has 0 bridgehead atoms. The first kappa shape index (κ1) is 36.1. The van der Waals surface area contributed by atoms with Crippen LogP contribution >= 0.6 is 45.8 Å². The Kier molecular flexibility index (Phi) is 11.5. The van der Waals surface area contributed by atoms with E-state index in [1.54, 1.807) is 32.9 Å². The van der Waals surface area contributed by atoms with Crippen LogP contribution in [0.1, 0.15) is 37.6 Å². The lowest BCUT2D eigenvalue weighted by atomic mass is 9.86. The molecule has 0 aliphatic heterocycles. The molecule has 1 aliphatic carbocycles. The van der Waals surface area contributed by atoms with Crippen LogP contribution in [0, 0.1) is 15.3 Å². The summed E-state index contributed by atoms with van der Waals surface area (Å²) in [5, 5.41) is 38.5. The zero-order valence-electron chi connectivity index (χ0n) is 25.0. The van der Waals surface area contributed by atoms with Crippen molar-refractivity contribution < 1.29 is 38.6 Å². The predicted molar refractivity (Wildman–Crippen MR) is 186 cm³/mol. The second-order valence-corrected chi connectivity index (χ2v) is 12.9. The molecule has 0 atom stereocenters. The average molecular weight is 796 g/mol. The molecule has 1 aliphatic rings. The number of carbonyl (C=O) groups is 1. The third-order valence-corrected chi connectivity index (χ3v) is 7.61. The molecule has 0 saturated heterocycles. The number of aromatic hydroxyl groups is 2. The van der Waals surface area contributed by atoms with E-state index in [2.05, 4.69) is 9.97 Å². The lowest BCUT2D eigenvalue weighted by Crippen LogP contribution is -2.40. The van der Waals surface area contributed by atoms with Crippen molar-refractivity contribution in [2.45, 2.75) is 32.8 Å². The monoisotopic (exact) mass is 795 g/mol. The van der Waals surface area contributed by atoms with Crippen molar-refractivity contribution in [3.8, 4) is 11.5 Å². The van der Waals surface area contributed by atoms with Crippen LogP contribution in [-0.4, -0.2) is 53.6 Å². The molecule has 9 nitrogen and oxygen atoms in total. The van der Waals surface area contributed by atoms with Crippen molar-refractivity contribution in [3.63, 3.8) is 0 Å². The Hall–Kier alpha value is -3.76. The molecule has 0 saturated carbocycles. The Bertz CT molecular complexity index is 1990. The van der Waals surface area contributed by atoms with Gasteiger partial charge in [0, 0.05) is 11.8 Å². The fraction of sp³-hybridized carbons (Fsp3) is 0.156. The number of hydrogen-bond donors (Lipinski definition) is 4. The molecule has 5 aromatic rings. The molecule has 3 heterocycles. The molecule has 0 amide bonds. The van der Waals surface area contributed by atoms with Crippen LogP contribution in [0.3, 0.4) is 0 Å². The van der Waals surface area contributed by atoms with Crippen molar-refractivity contribution in [2.75, 3.05) is 0 Å². The summed E-state index contributed by atoms with van der Waals surface area (Å²) >= 11 is 13.2. The minimum atomic E-state index is -1.86. The molecule has 2 aromatic carbocycles. The maximum absolute atomic E-state index is 13.2. The highest BCUT2D eigenvalue weighted by molar-refractivity contribution is 14.1. The normalized spacial score (nSPS) is 11.9. The number of nitrogens with zero attached hydrogens (tertiary/aromatic N) is 3. The van der Waals surface area contributed by atoms with E-state index in [0.717, 1.165) is 21.3 Å². The number of hydrogen-bond acceptors (Lipinski definition) is 8. The summed E-state index contributed by atoms with van der Waals surface area (Å²) in [7, 11) is -1.86. The molecule has 0 spiro atoms. The van der Waals surface area contributed by atoms with Gasteiger partial charge in [-0.25, -0.2) is 23.5 Å². The SMILES string of the molecule is CC(C)(C)OC(=O)n1c(B(O)O)cc2cc(F)ccc21.Oc1ccc(Cl)nc1C1=Cc2cc(F)ccc2C1.Oc1ccc(Cl)nc1I. The second kappa shape index (κ2) is 15.0. The number of pyridine rings is 2. The van der Waals surface area contributed by atoms with Gasteiger partial charge in [-0.3, -0.25) is 4.57 Å². The maximum Gasteiger partial charge on any atom is 0.506 e. The van der Waals surface area contributed by atoms with Gasteiger partial charge in [0.25, 0.3) is 0 Å². The molecule has 0 radical (unpaired) electrons. The molecule has 6 rings (SSSR count). The van der Waals surface area contributed by atoms with Crippen LogP contribution in [0.25, 0.3) is 22.6 Å². The highest BCUT2D eigenvalue weighted by Crippen LogP contribution is 2.35. The van der Waals surface area contributed by atoms with Crippen LogP contribution in [0.4, 0.5) is 13.6 Å². The van der Waals surface area contributed by atoms with E-state index in [9.17, 15) is 28.7 Å². The Labute approximate surface area is 292 Å². The molecule has 15 heteroatoms. The summed E-state index contributed by atoms with van der Waals surface area (Å²) in [6.07, 6.45) is 1.70. The molecule has 4 N–H and O–H groups in total. The van der Waals surface area contributed by atoms with Crippen molar-refractivity contribution >= 4 is 87.1 Å². The smallest absolute Gasteiger partial charge is 0.506 e. The number of aromatic nitrogens is 3. The van der Waals surface area contributed by atoms with Gasteiger partial charge < -0.3 is 25.0 Å². The van der Waals surface area contributed by atoms with Gasteiger partial charge in [-0.15, -0.1) is 0 Å². The fourth-order valence-corrected chi connectivity index (χ4v) is 5.31. The predicted octanol–water partition coefficient (Wildman–Crippen LogP) is 6.97. The Morgan fingerprint density at radius 3 is 2.15 bits per heavy atom. The molecule has 47 heavy (non-hydrogen) atoms. The van der Waals surface area contributed by atoms with Crippen LogP contribution in [0.2, 0.25) is 10.3 Å². The summed E-state index contributed by atoms with van der Waals surface area (Å²) < 4.78 is 33.1. The molecule has 3 aromatic heterocycles. The van der Waals surface area contributed by atoms with Crippen molar-refractivity contribution in [3.05, 3.63) is 109 Å². The zero-order valence-corrected chi connectivity index (χ0v) is 28.7. The molecule has 244 valence electrons. The zero-order chi connectivity index (χ0) is 34.6. The number of ether oxygens (including phenoxy) is 1. The molecular weight excluding hydrogens is 769 g/mol. The highest BCUT2D eigenvalue weighted by Gasteiger charge is 2.27. The number of allylic oxidation sites excluding steroid dienone is 1. The fourth-order valence-electron chi connectivity index (χ4n) is 4.44. The molecule has 0 unspecified atom stereocenters. The number of carbonyl (C=O) groups excluding carboxylic acids is 1. The number of fused-ring (bicyclic) bond motifs is 2. The third-order valence-electron chi connectivity index (χ3n) is 6.39. The van der Waals surface area contributed by atoms with E-state index in [1.807, 2.05) is 28.7 Å². The van der Waals surface area contributed by atoms with Crippen molar-refractivity contribution in [1.82, 2.24) is 14.5 Å². The van der Waals surface area contributed by atoms with E-state index in [4.69, 9.17) is 33.0 Å². The maximum atomic E-state index is 13.2. The van der Waals surface area contributed by atoms with E-state index in [0.29, 0.717) is 37.0 Å². The average Bonchev–Trinajstić information content (AvgIpc) is 3.57. The summed E-state index contributed by atoms with van der Waals surface area (Å²) in [5.41, 5.74) is 2.70. The largest absolute Gasteiger partial charge is 0.506 e. The van der Waals surface area contributed by atoms with Crippen molar-refractivity contribution in [2.24, 2.45) is 0 Å². The first-order valence-corrected chi connectivity index (χ1v) is 15.6. The first-order valence-electron chi connectivity index (χ1n) is 13.8. The quantitative estimate of drug-likeness (QED) is 0.0855. The summed E-state index contributed by atoms with van der Waals surface area (Å²) in [5.74, 6) is -0.494. The van der Waals surface area contributed by atoms with E-state index >= 15 is 0 Å². The minimum Gasteiger partial charge on any atom is -0.506 e. The molecule has 0 fully saturated rings. The van der Waals surface area contributed by atoms with Gasteiger partial charge in [-0.1, -0.05) is 29.3 Å². The van der Waals surface area contributed by atoms with Crippen LogP contribution in [0.15, 0.2) is 66.7 Å².